The minimum atomic E-state index is -0.116. The fourth-order valence-corrected chi connectivity index (χ4v) is 0. The molecule has 2 heteroatoms. The SMILES string of the molecule is CCC(C)O.[Al]. The Morgan fingerprint density at radius 1 is 1.67 bits per heavy atom. The van der Waals surface area contributed by atoms with Crippen LogP contribution in [0.3, 0.4) is 0 Å². The Labute approximate surface area is 49.5 Å². The van der Waals surface area contributed by atoms with Gasteiger partial charge in [-0.15, -0.1) is 0 Å². The average Bonchev–Trinajstić information content (AvgIpc) is 1.38. The van der Waals surface area contributed by atoms with Crippen LogP contribution in [-0.2, 0) is 0 Å². The largest absolute Gasteiger partial charge is 0.393 e. The van der Waals surface area contributed by atoms with Crippen molar-refractivity contribution in [3.63, 3.8) is 0 Å². The molecule has 0 aliphatic rings. The smallest absolute Gasteiger partial charge is 0.0509 e. The molecule has 0 aromatic carbocycles. The van der Waals surface area contributed by atoms with E-state index in [1.165, 1.54) is 0 Å². The summed E-state index contributed by atoms with van der Waals surface area (Å²) in [5.41, 5.74) is 0. The number of hydrogen-bond donors (Lipinski definition) is 1. The highest BCUT2D eigenvalue weighted by molar-refractivity contribution is 5.75. The fraction of sp³-hybridized carbons (Fsp3) is 1.00. The zero-order chi connectivity index (χ0) is 4.28. The Balaban J connectivity index is 0. The van der Waals surface area contributed by atoms with Crippen molar-refractivity contribution in [3.05, 3.63) is 0 Å². The zero-order valence-electron chi connectivity index (χ0n) is 4.31. The molecule has 3 radical (unpaired) electrons. The molecule has 0 aromatic rings. The lowest BCUT2D eigenvalue weighted by Crippen LogP contribution is -1.93. The monoisotopic (exact) mass is 101 g/mol. The highest BCUT2D eigenvalue weighted by Crippen LogP contribution is 1.81. The molecule has 1 unspecified atom stereocenters. The highest BCUT2D eigenvalue weighted by Gasteiger charge is 1.81. The van der Waals surface area contributed by atoms with Gasteiger partial charge in [0.2, 0.25) is 0 Å². The lowest BCUT2D eigenvalue weighted by Gasteiger charge is -1.90. The molecule has 0 bridgehead atoms. The van der Waals surface area contributed by atoms with Crippen molar-refractivity contribution >= 4 is 17.4 Å². The van der Waals surface area contributed by atoms with Crippen molar-refractivity contribution in [2.75, 3.05) is 0 Å². The zero-order valence-corrected chi connectivity index (χ0v) is 5.46. The van der Waals surface area contributed by atoms with Crippen molar-refractivity contribution < 1.29 is 5.11 Å². The van der Waals surface area contributed by atoms with Crippen LogP contribution in [0.1, 0.15) is 20.3 Å². The third-order valence-corrected chi connectivity index (χ3v) is 0.591. The number of hydrogen-bond acceptors (Lipinski definition) is 1. The standard InChI is InChI=1S/C4H10O.Al/c1-3-4(2)5;/h4-5H,3H2,1-2H3;. The van der Waals surface area contributed by atoms with E-state index in [-0.39, 0.29) is 23.5 Å². The lowest BCUT2D eigenvalue weighted by atomic mass is 10.3. The molecule has 35 valence electrons. The second-order valence-corrected chi connectivity index (χ2v) is 1.26. The summed E-state index contributed by atoms with van der Waals surface area (Å²) in [6.45, 7) is 3.73. The summed E-state index contributed by atoms with van der Waals surface area (Å²) in [6.07, 6.45) is 0.745. The number of aliphatic hydroxyl groups excluding tert-OH is 1. The molecule has 0 aliphatic carbocycles. The minimum absolute atomic E-state index is 0. The molecule has 0 fully saturated rings. The van der Waals surface area contributed by atoms with Gasteiger partial charge in [-0.05, 0) is 13.3 Å². The van der Waals surface area contributed by atoms with Crippen molar-refractivity contribution in [2.45, 2.75) is 26.4 Å². The second-order valence-electron chi connectivity index (χ2n) is 1.26. The van der Waals surface area contributed by atoms with Gasteiger partial charge in [-0.3, -0.25) is 0 Å². The van der Waals surface area contributed by atoms with E-state index < -0.39 is 0 Å². The van der Waals surface area contributed by atoms with Crippen LogP contribution in [0.2, 0.25) is 0 Å². The molecule has 0 rings (SSSR count). The van der Waals surface area contributed by atoms with Crippen LogP contribution >= 0.6 is 0 Å². The second kappa shape index (κ2) is 5.49. The van der Waals surface area contributed by atoms with Gasteiger partial charge >= 0.3 is 0 Å². The first-order valence-corrected chi connectivity index (χ1v) is 1.95. The molecule has 0 aliphatic heterocycles. The van der Waals surface area contributed by atoms with Gasteiger partial charge in [0.1, 0.15) is 0 Å². The quantitative estimate of drug-likeness (QED) is 0.474. The van der Waals surface area contributed by atoms with Gasteiger partial charge in [0.15, 0.2) is 0 Å². The third kappa shape index (κ3) is 8.82. The van der Waals surface area contributed by atoms with Crippen LogP contribution in [0.15, 0.2) is 0 Å². The molecule has 1 nitrogen and oxygen atoms in total. The molecular formula is C4H10AlO. The van der Waals surface area contributed by atoms with Crippen LogP contribution in [0.5, 0.6) is 0 Å². The fourth-order valence-electron chi connectivity index (χ4n) is 0. The van der Waals surface area contributed by atoms with Gasteiger partial charge in [0.05, 0.1) is 6.10 Å². The minimum Gasteiger partial charge on any atom is -0.393 e. The van der Waals surface area contributed by atoms with Gasteiger partial charge in [0.25, 0.3) is 0 Å². The molecule has 0 saturated heterocycles. The molecule has 1 atom stereocenters. The van der Waals surface area contributed by atoms with Crippen molar-refractivity contribution in [3.8, 4) is 0 Å². The maximum absolute atomic E-state index is 8.36. The third-order valence-electron chi connectivity index (χ3n) is 0.591. The van der Waals surface area contributed by atoms with E-state index in [0.717, 1.165) is 6.42 Å². The van der Waals surface area contributed by atoms with Gasteiger partial charge in [0, 0.05) is 17.4 Å². The van der Waals surface area contributed by atoms with Gasteiger partial charge in [-0.1, -0.05) is 6.92 Å². The lowest BCUT2D eigenvalue weighted by molar-refractivity contribution is 0.191. The molecule has 0 aromatic heterocycles. The summed E-state index contributed by atoms with van der Waals surface area (Å²) in [4.78, 5) is 0. The topological polar surface area (TPSA) is 20.2 Å². The van der Waals surface area contributed by atoms with Gasteiger partial charge in [-0.2, -0.15) is 0 Å². The Bertz CT molecular complexity index is 21.5. The molecule has 0 amide bonds. The summed E-state index contributed by atoms with van der Waals surface area (Å²) in [6, 6.07) is 0. The predicted octanol–water partition coefficient (Wildman–Crippen LogP) is 0.396. The van der Waals surface area contributed by atoms with E-state index in [4.69, 9.17) is 5.11 Å². The summed E-state index contributed by atoms with van der Waals surface area (Å²) in [7, 11) is 0. The van der Waals surface area contributed by atoms with Crippen LogP contribution in [-0.4, -0.2) is 28.6 Å². The molecule has 0 heterocycles. The van der Waals surface area contributed by atoms with Gasteiger partial charge < -0.3 is 5.11 Å². The first-order valence-electron chi connectivity index (χ1n) is 1.95. The Hall–Kier alpha value is 0.492. The maximum atomic E-state index is 8.36. The molecule has 1 N–H and O–H groups in total. The van der Waals surface area contributed by atoms with Crippen molar-refractivity contribution in [1.82, 2.24) is 0 Å². The number of aliphatic hydroxyl groups is 1. The maximum Gasteiger partial charge on any atom is 0.0509 e. The van der Waals surface area contributed by atoms with Crippen LogP contribution in [0.4, 0.5) is 0 Å². The van der Waals surface area contributed by atoms with Crippen molar-refractivity contribution in [1.29, 1.82) is 0 Å². The van der Waals surface area contributed by atoms with E-state index in [1.807, 2.05) is 6.92 Å². The van der Waals surface area contributed by atoms with Crippen LogP contribution < -0.4 is 0 Å². The number of rotatable bonds is 1. The molecule has 6 heavy (non-hydrogen) atoms. The summed E-state index contributed by atoms with van der Waals surface area (Å²) < 4.78 is 0. The molecule has 0 saturated carbocycles. The Morgan fingerprint density at radius 3 is 1.83 bits per heavy atom. The average molecular weight is 101 g/mol. The van der Waals surface area contributed by atoms with Crippen molar-refractivity contribution in [2.24, 2.45) is 0 Å². The normalized spacial score (nSPS) is 12.5. The van der Waals surface area contributed by atoms with Gasteiger partial charge in [-0.25, -0.2) is 0 Å². The Kier molecular flexibility index (Phi) is 8.88. The first-order chi connectivity index (χ1) is 2.27. The summed E-state index contributed by atoms with van der Waals surface area (Å²) in [5, 5.41) is 8.36. The van der Waals surface area contributed by atoms with E-state index in [2.05, 4.69) is 0 Å². The van der Waals surface area contributed by atoms with E-state index in [0.29, 0.717) is 0 Å². The van der Waals surface area contributed by atoms with Crippen LogP contribution in [0, 0.1) is 0 Å². The van der Waals surface area contributed by atoms with E-state index in [9.17, 15) is 0 Å². The molecular weight excluding hydrogens is 91.0 g/mol. The van der Waals surface area contributed by atoms with E-state index >= 15 is 0 Å². The predicted molar refractivity (Wildman–Crippen MR) is 27.7 cm³/mol. The molecule has 0 spiro atoms. The summed E-state index contributed by atoms with van der Waals surface area (Å²) in [5.74, 6) is 0. The van der Waals surface area contributed by atoms with E-state index in [1.54, 1.807) is 6.92 Å². The highest BCUT2D eigenvalue weighted by atomic mass is 27.0. The first kappa shape index (κ1) is 9.70. The Morgan fingerprint density at radius 2 is 1.83 bits per heavy atom. The van der Waals surface area contributed by atoms with Crippen LogP contribution in [0.25, 0.3) is 0 Å². The summed E-state index contributed by atoms with van der Waals surface area (Å²) >= 11 is 0.